The molecule has 3 rings (SSSR count). The molecule has 0 saturated carbocycles. The smallest absolute Gasteiger partial charge is 0.318 e. The number of carbonyl (C=O) groups excluding carboxylic acids is 1. The van der Waals surface area contributed by atoms with Gasteiger partial charge in [0, 0.05) is 12.6 Å². The van der Waals surface area contributed by atoms with Crippen molar-refractivity contribution in [3.05, 3.63) is 52.9 Å². The van der Waals surface area contributed by atoms with E-state index >= 15 is 0 Å². The predicted octanol–water partition coefficient (Wildman–Crippen LogP) is 4.08. The second-order valence-corrected chi connectivity index (χ2v) is 6.95. The van der Waals surface area contributed by atoms with E-state index in [0.717, 1.165) is 29.3 Å². The molecule has 0 aliphatic rings. The molecule has 0 spiro atoms. The van der Waals surface area contributed by atoms with Gasteiger partial charge >= 0.3 is 6.01 Å². The quantitative estimate of drug-likeness (QED) is 0.591. The highest BCUT2D eigenvalue weighted by molar-refractivity contribution is 7.17. The highest BCUT2D eigenvalue weighted by Gasteiger charge is 2.11. The van der Waals surface area contributed by atoms with Gasteiger partial charge < -0.3 is 14.8 Å². The van der Waals surface area contributed by atoms with Gasteiger partial charge in [-0.05, 0) is 43.2 Å². The van der Waals surface area contributed by atoms with Crippen LogP contribution in [-0.2, 0) is 6.42 Å². The number of methoxy groups -OCH3 is 2. The molecule has 0 fully saturated rings. The third kappa shape index (κ3) is 4.83. The van der Waals surface area contributed by atoms with Crippen molar-refractivity contribution in [2.45, 2.75) is 13.3 Å². The summed E-state index contributed by atoms with van der Waals surface area (Å²) in [5.41, 5.74) is 1.93. The van der Waals surface area contributed by atoms with Crippen LogP contribution in [-0.4, -0.2) is 36.5 Å². The molecular formula is C20H21N3O3S. The van der Waals surface area contributed by atoms with Gasteiger partial charge in [-0.2, -0.15) is 9.97 Å². The highest BCUT2D eigenvalue weighted by atomic mass is 32.1. The van der Waals surface area contributed by atoms with Crippen LogP contribution in [0.2, 0.25) is 0 Å². The van der Waals surface area contributed by atoms with Gasteiger partial charge in [-0.25, -0.2) is 0 Å². The van der Waals surface area contributed by atoms with Crippen molar-refractivity contribution in [3.63, 3.8) is 0 Å². The minimum absolute atomic E-state index is 0.0464. The molecule has 0 radical (unpaired) electrons. The summed E-state index contributed by atoms with van der Waals surface area (Å²) >= 11 is 1.41. The van der Waals surface area contributed by atoms with Gasteiger partial charge in [-0.1, -0.05) is 12.1 Å². The average molecular weight is 383 g/mol. The molecule has 1 aromatic carbocycles. The molecule has 7 heteroatoms. The second-order valence-electron chi connectivity index (χ2n) is 5.87. The lowest BCUT2D eigenvalue weighted by atomic mass is 10.1. The molecule has 0 aliphatic carbocycles. The summed E-state index contributed by atoms with van der Waals surface area (Å²) in [6.45, 7) is 2.28. The predicted molar refractivity (Wildman–Crippen MR) is 107 cm³/mol. The molecule has 1 N–H and O–H groups in total. The summed E-state index contributed by atoms with van der Waals surface area (Å²) in [5, 5.41) is 3.31. The van der Waals surface area contributed by atoms with Gasteiger partial charge in [0.2, 0.25) is 0 Å². The molecule has 2 heterocycles. The number of nitrogens with one attached hydrogen (secondary N) is 1. The molecule has 27 heavy (non-hydrogen) atoms. The molecule has 3 aromatic rings. The summed E-state index contributed by atoms with van der Waals surface area (Å²) in [4.78, 5) is 21.9. The van der Waals surface area contributed by atoms with E-state index in [1.807, 2.05) is 42.5 Å². The number of anilines is 1. The van der Waals surface area contributed by atoms with Crippen molar-refractivity contribution in [2.75, 3.05) is 26.1 Å². The highest BCUT2D eigenvalue weighted by Crippen LogP contribution is 2.29. The normalized spacial score (nSPS) is 10.5. The summed E-state index contributed by atoms with van der Waals surface area (Å²) in [5.74, 6) is 1.58. The van der Waals surface area contributed by atoms with Gasteiger partial charge in [0.05, 0.1) is 29.7 Å². The minimum atomic E-state index is 0.0464. The first-order valence-electron chi connectivity index (χ1n) is 8.50. The Bertz CT molecular complexity index is 922. The van der Waals surface area contributed by atoms with Crippen molar-refractivity contribution < 1.29 is 14.3 Å². The molecule has 0 unspecified atom stereocenters. The summed E-state index contributed by atoms with van der Waals surface area (Å²) in [6, 6.07) is 13.8. The van der Waals surface area contributed by atoms with Crippen LogP contribution in [0.3, 0.4) is 0 Å². The first-order valence-corrected chi connectivity index (χ1v) is 9.31. The van der Waals surface area contributed by atoms with Crippen molar-refractivity contribution >= 4 is 22.9 Å². The Morgan fingerprint density at radius 1 is 1.07 bits per heavy atom. The number of rotatable bonds is 8. The van der Waals surface area contributed by atoms with Gasteiger partial charge in [-0.3, -0.25) is 4.79 Å². The first-order chi connectivity index (χ1) is 13.1. The standard InChI is InChI=1S/C20H21N3O3S/c1-13(24)17-8-9-18(27-17)16-12-19(23-20(22-16)26-3)21-11-10-14-4-6-15(25-2)7-5-14/h4-9,12H,10-11H2,1-3H3,(H,21,22,23). The number of hydrogen-bond acceptors (Lipinski definition) is 7. The number of carbonyl (C=O) groups is 1. The molecule has 0 saturated heterocycles. The van der Waals surface area contributed by atoms with Crippen molar-refractivity contribution in [3.8, 4) is 22.3 Å². The van der Waals surface area contributed by atoms with E-state index in [1.165, 1.54) is 24.0 Å². The number of ether oxygens (including phenoxy) is 2. The van der Waals surface area contributed by atoms with E-state index in [9.17, 15) is 4.79 Å². The number of ketones is 1. The Morgan fingerprint density at radius 2 is 1.85 bits per heavy atom. The van der Waals surface area contributed by atoms with Gasteiger partial charge in [0.25, 0.3) is 0 Å². The minimum Gasteiger partial charge on any atom is -0.497 e. The maximum Gasteiger partial charge on any atom is 0.318 e. The second kappa shape index (κ2) is 8.64. The fraction of sp³-hybridized carbons (Fsp3) is 0.250. The molecule has 0 atom stereocenters. The number of thiophene rings is 1. The van der Waals surface area contributed by atoms with Crippen molar-refractivity contribution in [1.29, 1.82) is 0 Å². The number of Topliss-reactive ketones (excluding diaryl/α,β-unsaturated/α-hetero) is 1. The molecular weight excluding hydrogens is 362 g/mol. The molecule has 140 valence electrons. The Hall–Kier alpha value is -2.93. The molecule has 0 bridgehead atoms. The Kier molecular flexibility index (Phi) is 6.03. The van der Waals surface area contributed by atoms with Crippen LogP contribution in [0.4, 0.5) is 5.82 Å². The van der Waals surface area contributed by atoms with Crippen molar-refractivity contribution in [1.82, 2.24) is 9.97 Å². The van der Waals surface area contributed by atoms with Crippen LogP contribution in [0.5, 0.6) is 11.8 Å². The number of hydrogen-bond donors (Lipinski definition) is 1. The summed E-state index contributed by atoms with van der Waals surface area (Å²) in [7, 11) is 3.19. The average Bonchev–Trinajstić information content (AvgIpc) is 3.19. The number of aromatic nitrogens is 2. The molecule has 2 aromatic heterocycles. The summed E-state index contributed by atoms with van der Waals surface area (Å²) in [6.07, 6.45) is 0.846. The van der Waals surface area contributed by atoms with Gasteiger partial charge in [0.1, 0.15) is 11.6 Å². The largest absolute Gasteiger partial charge is 0.497 e. The van der Waals surface area contributed by atoms with E-state index < -0.39 is 0 Å². The topological polar surface area (TPSA) is 73.3 Å². The fourth-order valence-corrected chi connectivity index (χ4v) is 3.39. The lowest BCUT2D eigenvalue weighted by Crippen LogP contribution is -2.07. The van der Waals surface area contributed by atoms with Crippen LogP contribution >= 0.6 is 11.3 Å². The van der Waals surface area contributed by atoms with Crippen molar-refractivity contribution in [2.24, 2.45) is 0 Å². The van der Waals surface area contributed by atoms with E-state index in [0.29, 0.717) is 10.7 Å². The maximum atomic E-state index is 11.5. The first kappa shape index (κ1) is 18.8. The van der Waals surface area contributed by atoms with Crippen LogP contribution in [0.15, 0.2) is 42.5 Å². The van der Waals surface area contributed by atoms with Crippen LogP contribution in [0, 0.1) is 0 Å². The Labute approximate surface area is 162 Å². The van der Waals surface area contributed by atoms with Crippen LogP contribution in [0.1, 0.15) is 22.2 Å². The fourth-order valence-electron chi connectivity index (χ4n) is 2.53. The van der Waals surface area contributed by atoms with Crippen LogP contribution < -0.4 is 14.8 Å². The monoisotopic (exact) mass is 383 g/mol. The van der Waals surface area contributed by atoms with E-state index in [4.69, 9.17) is 9.47 Å². The van der Waals surface area contributed by atoms with E-state index in [2.05, 4.69) is 15.3 Å². The van der Waals surface area contributed by atoms with Crippen LogP contribution in [0.25, 0.3) is 10.6 Å². The zero-order chi connectivity index (χ0) is 19.2. The zero-order valence-electron chi connectivity index (χ0n) is 15.5. The lowest BCUT2D eigenvalue weighted by molar-refractivity contribution is 0.102. The summed E-state index contributed by atoms with van der Waals surface area (Å²) < 4.78 is 10.4. The van der Waals surface area contributed by atoms with Gasteiger partial charge in [-0.15, -0.1) is 11.3 Å². The van der Waals surface area contributed by atoms with E-state index in [1.54, 1.807) is 14.0 Å². The lowest BCUT2D eigenvalue weighted by Gasteiger charge is -2.09. The van der Waals surface area contributed by atoms with E-state index in [-0.39, 0.29) is 11.8 Å². The Morgan fingerprint density at radius 3 is 2.48 bits per heavy atom. The maximum absolute atomic E-state index is 11.5. The number of nitrogens with zero attached hydrogens (tertiary/aromatic N) is 2. The molecule has 0 amide bonds. The number of benzene rings is 1. The zero-order valence-corrected chi connectivity index (χ0v) is 16.3. The van der Waals surface area contributed by atoms with Gasteiger partial charge in [0.15, 0.2) is 5.78 Å². The SMILES string of the molecule is COc1ccc(CCNc2cc(-c3ccc(C(C)=O)s3)nc(OC)n2)cc1. The molecule has 6 nitrogen and oxygen atoms in total. The molecule has 0 aliphatic heterocycles. The Balaban J connectivity index is 1.71. The third-order valence-electron chi connectivity index (χ3n) is 3.97. The third-order valence-corrected chi connectivity index (χ3v) is 5.18.